The van der Waals surface area contributed by atoms with Crippen LogP contribution in [0.15, 0.2) is 60.7 Å². The second kappa shape index (κ2) is 6.71. The van der Waals surface area contributed by atoms with Crippen molar-refractivity contribution >= 4 is 11.9 Å². The van der Waals surface area contributed by atoms with Crippen LogP contribution >= 0.6 is 0 Å². The van der Waals surface area contributed by atoms with Gasteiger partial charge in [0.2, 0.25) is 0 Å². The smallest absolute Gasteiger partial charge is 0.317 e. The molecule has 25 heavy (non-hydrogen) atoms. The van der Waals surface area contributed by atoms with Crippen LogP contribution in [0.5, 0.6) is 0 Å². The summed E-state index contributed by atoms with van der Waals surface area (Å²) in [5.74, 6) is -0.726. The van der Waals surface area contributed by atoms with Crippen LogP contribution < -0.4 is 0 Å². The molecule has 1 unspecified atom stereocenters. The van der Waals surface area contributed by atoms with Gasteiger partial charge in [0.15, 0.2) is 0 Å². The molecule has 0 N–H and O–H groups in total. The average Bonchev–Trinajstić information content (AvgIpc) is 3.34. The number of carbonyl (C=O) groups is 2. The molecule has 0 bridgehead atoms. The lowest BCUT2D eigenvalue weighted by molar-refractivity contribution is -0.156. The first-order valence-electron chi connectivity index (χ1n) is 8.46. The Hall–Kier alpha value is -2.62. The van der Waals surface area contributed by atoms with E-state index >= 15 is 0 Å². The molecule has 1 aliphatic rings. The molecular weight excluding hydrogens is 316 g/mol. The van der Waals surface area contributed by atoms with Gasteiger partial charge in [-0.25, -0.2) is 0 Å². The van der Waals surface area contributed by atoms with Crippen molar-refractivity contribution in [2.45, 2.75) is 25.2 Å². The van der Waals surface area contributed by atoms with E-state index in [4.69, 9.17) is 9.47 Å². The number of rotatable bonds is 6. The normalized spacial score (nSPS) is 24.4. The van der Waals surface area contributed by atoms with E-state index in [9.17, 15) is 9.59 Å². The van der Waals surface area contributed by atoms with E-state index in [2.05, 4.69) is 0 Å². The third-order valence-electron chi connectivity index (χ3n) is 5.07. The highest BCUT2D eigenvalue weighted by Crippen LogP contribution is 2.67. The van der Waals surface area contributed by atoms with Gasteiger partial charge in [-0.05, 0) is 30.9 Å². The van der Waals surface area contributed by atoms with Gasteiger partial charge in [0, 0.05) is 0 Å². The van der Waals surface area contributed by atoms with Gasteiger partial charge < -0.3 is 9.47 Å². The van der Waals surface area contributed by atoms with Crippen molar-refractivity contribution in [1.29, 1.82) is 0 Å². The largest absolute Gasteiger partial charge is 0.468 e. The van der Waals surface area contributed by atoms with Crippen molar-refractivity contribution in [2.75, 3.05) is 13.7 Å². The number of methoxy groups -OCH3 is 1. The molecule has 4 heteroatoms. The maximum Gasteiger partial charge on any atom is 0.317 e. The molecule has 0 heterocycles. The van der Waals surface area contributed by atoms with Crippen molar-refractivity contribution in [3.8, 4) is 0 Å². The van der Waals surface area contributed by atoms with Crippen LogP contribution in [-0.2, 0) is 30.9 Å². The molecular formula is C21H22O4. The van der Waals surface area contributed by atoms with E-state index in [-0.39, 0.29) is 18.5 Å². The van der Waals surface area contributed by atoms with Gasteiger partial charge in [0.25, 0.3) is 0 Å². The molecule has 0 saturated heterocycles. The second-order valence-electron chi connectivity index (χ2n) is 6.40. The number of carbonyl (C=O) groups excluding carboxylic acids is 2. The van der Waals surface area contributed by atoms with Gasteiger partial charge in [-0.15, -0.1) is 0 Å². The third kappa shape index (κ3) is 2.72. The van der Waals surface area contributed by atoms with Crippen molar-refractivity contribution in [2.24, 2.45) is 5.41 Å². The highest BCUT2D eigenvalue weighted by atomic mass is 16.5. The number of esters is 2. The van der Waals surface area contributed by atoms with Crippen molar-refractivity contribution in [3.05, 3.63) is 71.8 Å². The first-order valence-corrected chi connectivity index (χ1v) is 8.46. The van der Waals surface area contributed by atoms with Gasteiger partial charge in [-0.2, -0.15) is 0 Å². The number of hydrogen-bond donors (Lipinski definition) is 0. The van der Waals surface area contributed by atoms with Crippen molar-refractivity contribution in [3.63, 3.8) is 0 Å². The Kier molecular flexibility index (Phi) is 4.62. The van der Waals surface area contributed by atoms with E-state index in [0.29, 0.717) is 12.8 Å². The zero-order valence-electron chi connectivity index (χ0n) is 14.5. The van der Waals surface area contributed by atoms with Gasteiger partial charge in [-0.1, -0.05) is 60.7 Å². The van der Waals surface area contributed by atoms with Crippen LogP contribution in [0.25, 0.3) is 0 Å². The molecule has 2 aromatic carbocycles. The minimum atomic E-state index is -0.995. The zero-order valence-corrected chi connectivity index (χ0v) is 14.5. The monoisotopic (exact) mass is 338 g/mol. The molecule has 0 spiro atoms. The number of benzene rings is 2. The fraction of sp³-hybridized carbons (Fsp3) is 0.333. The van der Waals surface area contributed by atoms with Crippen molar-refractivity contribution in [1.82, 2.24) is 0 Å². The lowest BCUT2D eigenvalue weighted by Gasteiger charge is -2.23. The summed E-state index contributed by atoms with van der Waals surface area (Å²) in [6, 6.07) is 19.1. The quantitative estimate of drug-likeness (QED) is 0.759. The number of hydrogen-bond acceptors (Lipinski definition) is 4. The fourth-order valence-corrected chi connectivity index (χ4v) is 3.81. The summed E-state index contributed by atoms with van der Waals surface area (Å²) < 4.78 is 10.5. The highest BCUT2D eigenvalue weighted by molar-refractivity contribution is 6.00. The molecule has 0 radical (unpaired) electrons. The lowest BCUT2D eigenvalue weighted by Crippen LogP contribution is -2.36. The Morgan fingerprint density at radius 3 is 2.12 bits per heavy atom. The molecule has 3 rings (SSSR count). The second-order valence-corrected chi connectivity index (χ2v) is 6.40. The number of ether oxygens (including phenoxy) is 2. The predicted molar refractivity (Wildman–Crippen MR) is 94.0 cm³/mol. The minimum Gasteiger partial charge on any atom is -0.468 e. The summed E-state index contributed by atoms with van der Waals surface area (Å²) in [5.41, 5.74) is -0.132. The molecule has 0 amide bonds. The van der Waals surface area contributed by atoms with E-state index < -0.39 is 10.8 Å². The van der Waals surface area contributed by atoms with E-state index in [1.807, 2.05) is 60.7 Å². The maximum atomic E-state index is 12.9. The summed E-state index contributed by atoms with van der Waals surface area (Å²) in [6.07, 6.45) is 0.834. The van der Waals surface area contributed by atoms with E-state index in [1.165, 1.54) is 7.11 Å². The van der Waals surface area contributed by atoms with Crippen LogP contribution in [0.4, 0.5) is 0 Å². The summed E-state index contributed by atoms with van der Waals surface area (Å²) in [7, 11) is 1.36. The lowest BCUT2D eigenvalue weighted by atomic mass is 9.82. The van der Waals surface area contributed by atoms with Gasteiger partial charge >= 0.3 is 11.9 Å². The van der Waals surface area contributed by atoms with Gasteiger partial charge in [0.1, 0.15) is 5.41 Å². The Morgan fingerprint density at radius 2 is 1.56 bits per heavy atom. The standard InChI is InChI=1S/C21H22O4/c1-3-25-18(22)20(14-16-10-6-4-7-11-16)15-21(20,19(23)24-2)17-12-8-5-9-13-17/h4-13H,3,14-15H2,1-2H3/t20-,21?/m0/s1. The summed E-state index contributed by atoms with van der Waals surface area (Å²) >= 11 is 0. The van der Waals surface area contributed by atoms with E-state index in [1.54, 1.807) is 6.92 Å². The summed E-state index contributed by atoms with van der Waals surface area (Å²) in [4.78, 5) is 25.7. The molecule has 1 fully saturated rings. The Balaban J connectivity index is 2.08. The molecule has 4 nitrogen and oxygen atoms in total. The highest BCUT2D eigenvalue weighted by Gasteiger charge is 2.78. The van der Waals surface area contributed by atoms with Gasteiger partial charge in [-0.3, -0.25) is 9.59 Å². The Bertz CT molecular complexity index is 756. The Labute approximate surface area is 147 Å². The average molecular weight is 338 g/mol. The molecule has 2 atom stereocenters. The van der Waals surface area contributed by atoms with E-state index in [0.717, 1.165) is 11.1 Å². The SMILES string of the molecule is CCOC(=O)[C@]1(Cc2ccccc2)CC1(C(=O)OC)c1ccccc1. The first-order chi connectivity index (χ1) is 12.1. The van der Waals surface area contributed by atoms with Crippen LogP contribution in [0.2, 0.25) is 0 Å². The fourth-order valence-electron chi connectivity index (χ4n) is 3.81. The van der Waals surface area contributed by atoms with Crippen LogP contribution in [0, 0.1) is 5.41 Å². The summed E-state index contributed by atoms with van der Waals surface area (Å²) in [6.45, 7) is 2.06. The molecule has 2 aromatic rings. The minimum absolute atomic E-state index is 0.279. The predicted octanol–water partition coefficient (Wildman–Crippen LogP) is 3.29. The molecule has 0 aliphatic heterocycles. The third-order valence-corrected chi connectivity index (χ3v) is 5.07. The molecule has 130 valence electrons. The molecule has 1 saturated carbocycles. The topological polar surface area (TPSA) is 52.6 Å². The van der Waals surface area contributed by atoms with Crippen molar-refractivity contribution < 1.29 is 19.1 Å². The maximum absolute atomic E-state index is 12.9. The van der Waals surface area contributed by atoms with Crippen LogP contribution in [0.3, 0.4) is 0 Å². The van der Waals surface area contributed by atoms with Crippen LogP contribution in [0.1, 0.15) is 24.5 Å². The molecule has 1 aliphatic carbocycles. The molecule has 0 aromatic heterocycles. The van der Waals surface area contributed by atoms with Gasteiger partial charge in [0.05, 0.1) is 19.1 Å². The summed E-state index contributed by atoms with van der Waals surface area (Å²) in [5, 5.41) is 0. The van der Waals surface area contributed by atoms with Crippen LogP contribution in [-0.4, -0.2) is 25.7 Å². The first kappa shape index (κ1) is 17.2. The zero-order chi connectivity index (χ0) is 17.9. The Morgan fingerprint density at radius 1 is 0.960 bits per heavy atom.